The third kappa shape index (κ3) is 3.28. The van der Waals surface area contributed by atoms with Crippen LogP contribution >= 0.6 is 0 Å². The zero-order chi connectivity index (χ0) is 16.4. The molecule has 1 aliphatic rings. The topological polar surface area (TPSA) is 74.4 Å². The molecule has 122 valence electrons. The molecule has 0 radical (unpaired) electrons. The van der Waals surface area contributed by atoms with Crippen molar-refractivity contribution in [1.82, 2.24) is 15.2 Å². The van der Waals surface area contributed by atoms with Gasteiger partial charge in [0.1, 0.15) is 0 Å². The minimum absolute atomic E-state index is 0.0311. The fourth-order valence-electron chi connectivity index (χ4n) is 3.15. The number of nitrogens with zero attached hydrogens (tertiary/aromatic N) is 1. The summed E-state index contributed by atoms with van der Waals surface area (Å²) < 4.78 is 5.33. The average Bonchev–Trinajstić information content (AvgIpc) is 2.93. The van der Waals surface area contributed by atoms with Crippen LogP contribution in [0.1, 0.15) is 12.0 Å². The van der Waals surface area contributed by atoms with Gasteiger partial charge in [-0.25, -0.2) is 0 Å². The monoisotopic (exact) mass is 315 g/mol. The Labute approximate surface area is 134 Å². The third-order valence-electron chi connectivity index (χ3n) is 4.44. The molecule has 1 aromatic heterocycles. The van der Waals surface area contributed by atoms with Gasteiger partial charge in [-0.2, -0.15) is 0 Å². The zero-order valence-electron chi connectivity index (χ0n) is 13.3. The summed E-state index contributed by atoms with van der Waals surface area (Å²) >= 11 is 0. The number of methoxy groups -OCH3 is 1. The fourth-order valence-corrected chi connectivity index (χ4v) is 3.15. The summed E-state index contributed by atoms with van der Waals surface area (Å²) in [4.78, 5) is 29.0. The second-order valence-electron chi connectivity index (χ2n) is 5.97. The maximum atomic E-state index is 12.4. The molecule has 2 heterocycles. The standard InChI is InChI=1S/C17H21N3O3/c1-20-10-12(23-2)8-15(20)17(22)18-9-11-7-16(21)19-14-6-4-3-5-13(11)14/h3-7,12,15H,8-10H2,1-2H3,(H,18,22)(H,19,21)/t12-,15-/m0/s1. The van der Waals surface area contributed by atoms with Gasteiger partial charge in [0.2, 0.25) is 11.5 Å². The van der Waals surface area contributed by atoms with Gasteiger partial charge >= 0.3 is 0 Å². The van der Waals surface area contributed by atoms with Crippen molar-refractivity contribution in [3.63, 3.8) is 0 Å². The second-order valence-corrected chi connectivity index (χ2v) is 5.97. The van der Waals surface area contributed by atoms with Gasteiger partial charge in [0, 0.05) is 37.2 Å². The maximum absolute atomic E-state index is 12.4. The van der Waals surface area contributed by atoms with Crippen molar-refractivity contribution in [2.24, 2.45) is 0 Å². The van der Waals surface area contributed by atoms with E-state index in [1.54, 1.807) is 13.2 Å². The number of nitrogens with one attached hydrogen (secondary N) is 2. The highest BCUT2D eigenvalue weighted by molar-refractivity contribution is 5.84. The average molecular weight is 315 g/mol. The number of carbonyl (C=O) groups is 1. The number of hydrogen-bond donors (Lipinski definition) is 2. The predicted octanol–water partition coefficient (Wildman–Crippen LogP) is 0.863. The van der Waals surface area contributed by atoms with E-state index in [1.165, 1.54) is 0 Å². The van der Waals surface area contributed by atoms with E-state index in [-0.39, 0.29) is 23.6 Å². The number of H-pyrrole nitrogens is 1. The number of aromatic nitrogens is 1. The van der Waals surface area contributed by atoms with Crippen LogP contribution in [0.3, 0.4) is 0 Å². The van der Waals surface area contributed by atoms with Gasteiger partial charge in [0.15, 0.2) is 0 Å². The summed E-state index contributed by atoms with van der Waals surface area (Å²) in [5.41, 5.74) is 1.44. The molecule has 1 amide bonds. The minimum atomic E-state index is -0.187. The molecule has 2 N–H and O–H groups in total. The number of aromatic amines is 1. The Bertz CT molecular complexity index is 771. The predicted molar refractivity (Wildman–Crippen MR) is 88.2 cm³/mol. The lowest BCUT2D eigenvalue weighted by Crippen LogP contribution is -2.41. The molecule has 3 rings (SSSR count). The Morgan fingerprint density at radius 3 is 2.96 bits per heavy atom. The number of benzene rings is 1. The first-order valence-electron chi connectivity index (χ1n) is 7.70. The van der Waals surface area contributed by atoms with Gasteiger partial charge < -0.3 is 15.0 Å². The van der Waals surface area contributed by atoms with Gasteiger partial charge in [-0.05, 0) is 25.1 Å². The smallest absolute Gasteiger partial charge is 0.248 e. The first kappa shape index (κ1) is 15.7. The lowest BCUT2D eigenvalue weighted by molar-refractivity contribution is -0.125. The Morgan fingerprint density at radius 1 is 1.43 bits per heavy atom. The van der Waals surface area contributed by atoms with Crippen LogP contribution in [0.2, 0.25) is 0 Å². The molecular formula is C17H21N3O3. The van der Waals surface area contributed by atoms with Gasteiger partial charge in [-0.15, -0.1) is 0 Å². The molecule has 1 fully saturated rings. The molecule has 1 saturated heterocycles. The summed E-state index contributed by atoms with van der Waals surface area (Å²) in [6.07, 6.45) is 0.783. The van der Waals surface area contributed by atoms with Crippen molar-refractivity contribution < 1.29 is 9.53 Å². The molecule has 1 aromatic carbocycles. The van der Waals surface area contributed by atoms with Crippen molar-refractivity contribution in [2.45, 2.75) is 25.1 Å². The van der Waals surface area contributed by atoms with Crippen LogP contribution in [0.15, 0.2) is 35.1 Å². The first-order valence-corrected chi connectivity index (χ1v) is 7.70. The van der Waals surface area contributed by atoms with Crippen LogP contribution in [-0.2, 0) is 16.1 Å². The van der Waals surface area contributed by atoms with Crippen LogP contribution in [-0.4, -0.2) is 48.6 Å². The lowest BCUT2D eigenvalue weighted by atomic mass is 10.1. The molecule has 6 heteroatoms. The van der Waals surface area contributed by atoms with Gasteiger partial charge in [0.05, 0.1) is 12.1 Å². The molecule has 0 saturated carbocycles. The molecule has 0 unspecified atom stereocenters. The van der Waals surface area contributed by atoms with Crippen LogP contribution in [0, 0.1) is 0 Å². The highest BCUT2D eigenvalue weighted by atomic mass is 16.5. The minimum Gasteiger partial charge on any atom is -0.380 e. The Balaban J connectivity index is 1.74. The summed E-state index contributed by atoms with van der Waals surface area (Å²) in [6, 6.07) is 8.94. The van der Waals surface area contributed by atoms with E-state index in [0.717, 1.165) is 23.0 Å². The highest BCUT2D eigenvalue weighted by Gasteiger charge is 2.34. The second kappa shape index (κ2) is 6.52. The number of likely N-dealkylation sites (N-methyl/N-ethyl adjacent to an activating group) is 1. The van der Waals surface area contributed by atoms with E-state index >= 15 is 0 Å². The molecule has 0 aliphatic carbocycles. The number of para-hydroxylation sites is 1. The number of ether oxygens (including phenoxy) is 1. The van der Waals surface area contributed by atoms with Crippen molar-refractivity contribution in [2.75, 3.05) is 20.7 Å². The Morgan fingerprint density at radius 2 is 2.22 bits per heavy atom. The molecule has 6 nitrogen and oxygen atoms in total. The van der Waals surface area contributed by atoms with Crippen molar-refractivity contribution >= 4 is 16.8 Å². The van der Waals surface area contributed by atoms with Gasteiger partial charge in [0.25, 0.3) is 0 Å². The summed E-state index contributed by atoms with van der Waals surface area (Å²) in [5.74, 6) is -0.0311. The number of fused-ring (bicyclic) bond motifs is 1. The normalized spacial score (nSPS) is 21.7. The van der Waals surface area contributed by atoms with Crippen LogP contribution in [0.5, 0.6) is 0 Å². The zero-order valence-corrected chi connectivity index (χ0v) is 13.3. The summed E-state index contributed by atoms with van der Waals surface area (Å²) in [7, 11) is 3.59. The van der Waals surface area contributed by atoms with E-state index in [9.17, 15) is 9.59 Å². The lowest BCUT2D eigenvalue weighted by Gasteiger charge is -2.18. The highest BCUT2D eigenvalue weighted by Crippen LogP contribution is 2.19. The summed E-state index contributed by atoms with van der Waals surface area (Å²) in [5, 5.41) is 3.89. The van der Waals surface area contributed by atoms with E-state index in [0.29, 0.717) is 13.0 Å². The number of rotatable bonds is 4. The Kier molecular flexibility index (Phi) is 4.45. The van der Waals surface area contributed by atoms with Crippen LogP contribution in [0.25, 0.3) is 10.9 Å². The molecule has 2 aromatic rings. The van der Waals surface area contributed by atoms with E-state index in [1.807, 2.05) is 36.2 Å². The molecule has 23 heavy (non-hydrogen) atoms. The molecule has 1 aliphatic heterocycles. The molecule has 0 bridgehead atoms. The number of pyridine rings is 1. The third-order valence-corrected chi connectivity index (χ3v) is 4.44. The first-order chi connectivity index (χ1) is 11.1. The number of amides is 1. The summed E-state index contributed by atoms with van der Waals surface area (Å²) in [6.45, 7) is 1.09. The number of hydrogen-bond acceptors (Lipinski definition) is 4. The van der Waals surface area contributed by atoms with Crippen molar-refractivity contribution in [3.05, 3.63) is 46.2 Å². The molecular weight excluding hydrogens is 294 g/mol. The molecule has 2 atom stereocenters. The van der Waals surface area contributed by atoms with E-state index in [4.69, 9.17) is 4.74 Å². The van der Waals surface area contributed by atoms with Crippen molar-refractivity contribution in [1.29, 1.82) is 0 Å². The van der Waals surface area contributed by atoms with Gasteiger partial charge in [-0.3, -0.25) is 14.5 Å². The van der Waals surface area contributed by atoms with Crippen molar-refractivity contribution in [3.8, 4) is 0 Å². The van der Waals surface area contributed by atoms with Crippen LogP contribution in [0.4, 0.5) is 0 Å². The van der Waals surface area contributed by atoms with E-state index in [2.05, 4.69) is 10.3 Å². The van der Waals surface area contributed by atoms with Gasteiger partial charge in [-0.1, -0.05) is 18.2 Å². The largest absolute Gasteiger partial charge is 0.380 e. The SMILES string of the molecule is CO[C@H]1C[C@@H](C(=O)NCc2cc(=O)[nH]c3ccccc23)N(C)C1. The fraction of sp³-hybridized carbons (Fsp3) is 0.412. The van der Waals surface area contributed by atoms with E-state index < -0.39 is 0 Å². The number of carbonyl (C=O) groups excluding carboxylic acids is 1. The number of likely N-dealkylation sites (tertiary alicyclic amines) is 1. The Hall–Kier alpha value is -2.18. The molecule has 0 spiro atoms. The van der Waals surface area contributed by atoms with Crippen LogP contribution < -0.4 is 10.9 Å². The quantitative estimate of drug-likeness (QED) is 0.878. The maximum Gasteiger partial charge on any atom is 0.248 e.